The van der Waals surface area contributed by atoms with E-state index in [-0.39, 0.29) is 24.6 Å². The first-order valence-electron chi connectivity index (χ1n) is 7.49. The van der Waals surface area contributed by atoms with Crippen LogP contribution in [0.2, 0.25) is 0 Å². The van der Waals surface area contributed by atoms with Crippen molar-refractivity contribution in [1.82, 2.24) is 0 Å². The van der Waals surface area contributed by atoms with E-state index in [1.165, 1.54) is 13.0 Å². The van der Waals surface area contributed by atoms with Crippen LogP contribution >= 0.6 is 0 Å². The van der Waals surface area contributed by atoms with Crippen LogP contribution in [0.3, 0.4) is 0 Å². The third kappa shape index (κ3) is 4.20. The molecule has 0 N–H and O–H groups in total. The van der Waals surface area contributed by atoms with Gasteiger partial charge in [0.2, 0.25) is 0 Å². The Balaban J connectivity index is 2.21. The minimum absolute atomic E-state index is 0.188. The Hall–Kier alpha value is -3.13. The molecule has 0 saturated heterocycles. The topological polar surface area (TPSA) is 76.4 Å². The summed E-state index contributed by atoms with van der Waals surface area (Å²) in [5, 5.41) is 8.90. The quantitative estimate of drug-likeness (QED) is 0.600. The molecule has 122 valence electrons. The van der Waals surface area contributed by atoms with E-state index in [0.717, 1.165) is 5.56 Å². The summed E-state index contributed by atoms with van der Waals surface area (Å²) in [6.07, 6.45) is 0. The number of carbonyl (C=O) groups excluding carboxylic acids is 2. The van der Waals surface area contributed by atoms with Crippen molar-refractivity contribution in [1.29, 1.82) is 5.26 Å². The van der Waals surface area contributed by atoms with Crippen molar-refractivity contribution in [2.24, 2.45) is 0 Å². The van der Waals surface area contributed by atoms with Crippen LogP contribution in [0.1, 0.15) is 45.7 Å². The van der Waals surface area contributed by atoms with Crippen LogP contribution in [0, 0.1) is 11.3 Å². The average Bonchev–Trinajstić information content (AvgIpc) is 2.60. The number of benzene rings is 2. The maximum Gasteiger partial charge on any atom is 0.338 e. The highest BCUT2D eigenvalue weighted by molar-refractivity contribution is 6.05. The zero-order chi connectivity index (χ0) is 17.5. The number of ether oxygens (including phenoxy) is 2. The summed E-state index contributed by atoms with van der Waals surface area (Å²) >= 11 is 0. The van der Waals surface area contributed by atoms with Gasteiger partial charge in [0.15, 0.2) is 5.78 Å². The monoisotopic (exact) mass is 323 g/mol. The Kier molecular flexibility index (Phi) is 5.69. The second-order valence-electron chi connectivity index (χ2n) is 5.08. The minimum atomic E-state index is -0.556. The Morgan fingerprint density at radius 1 is 1.12 bits per heavy atom. The molecule has 24 heavy (non-hydrogen) atoms. The molecule has 0 unspecified atom stereocenters. The molecule has 2 aromatic rings. The van der Waals surface area contributed by atoms with Gasteiger partial charge in [0.05, 0.1) is 23.8 Å². The predicted octanol–water partition coefficient (Wildman–Crippen LogP) is 3.52. The molecule has 0 radical (unpaired) electrons. The minimum Gasteiger partial charge on any atom is -0.489 e. The number of rotatable bonds is 6. The fraction of sp³-hybridized carbons (Fsp3) is 0.211. The molecule has 0 spiro atoms. The molecule has 2 rings (SSSR count). The van der Waals surface area contributed by atoms with Gasteiger partial charge in [-0.3, -0.25) is 4.79 Å². The van der Waals surface area contributed by atoms with E-state index < -0.39 is 5.97 Å². The summed E-state index contributed by atoms with van der Waals surface area (Å²) in [5.74, 6) is -0.323. The Labute approximate surface area is 140 Å². The van der Waals surface area contributed by atoms with Gasteiger partial charge in [0.1, 0.15) is 12.4 Å². The third-order valence-electron chi connectivity index (χ3n) is 3.33. The lowest BCUT2D eigenvalue weighted by Crippen LogP contribution is -2.11. The van der Waals surface area contributed by atoms with Crippen LogP contribution in [0.4, 0.5) is 0 Å². The number of hydrogen-bond acceptors (Lipinski definition) is 5. The number of esters is 1. The largest absolute Gasteiger partial charge is 0.489 e. The predicted molar refractivity (Wildman–Crippen MR) is 87.9 cm³/mol. The van der Waals surface area contributed by atoms with Crippen LogP contribution in [-0.4, -0.2) is 18.4 Å². The summed E-state index contributed by atoms with van der Waals surface area (Å²) in [6, 6.07) is 13.8. The molecule has 0 aliphatic rings. The van der Waals surface area contributed by atoms with Gasteiger partial charge >= 0.3 is 5.97 Å². The third-order valence-corrected chi connectivity index (χ3v) is 3.33. The normalized spacial score (nSPS) is 9.88. The fourth-order valence-electron chi connectivity index (χ4n) is 2.20. The van der Waals surface area contributed by atoms with Gasteiger partial charge in [-0.05, 0) is 49.7 Å². The maximum absolute atomic E-state index is 12.0. The van der Waals surface area contributed by atoms with Gasteiger partial charge in [-0.1, -0.05) is 12.1 Å². The number of ketones is 1. The molecule has 2 aromatic carbocycles. The van der Waals surface area contributed by atoms with Gasteiger partial charge < -0.3 is 9.47 Å². The van der Waals surface area contributed by atoms with E-state index in [0.29, 0.717) is 16.9 Å². The Morgan fingerprint density at radius 2 is 1.92 bits per heavy atom. The first kappa shape index (κ1) is 17.2. The van der Waals surface area contributed by atoms with Crippen LogP contribution in [-0.2, 0) is 11.3 Å². The zero-order valence-electron chi connectivity index (χ0n) is 13.5. The number of carbonyl (C=O) groups is 2. The molecule has 5 nitrogen and oxygen atoms in total. The molecule has 0 atom stereocenters. The maximum atomic E-state index is 12.0. The van der Waals surface area contributed by atoms with Crippen molar-refractivity contribution in [3.63, 3.8) is 0 Å². The number of hydrogen-bond donors (Lipinski definition) is 0. The lowest BCUT2D eigenvalue weighted by atomic mass is 10.0. The van der Waals surface area contributed by atoms with Crippen molar-refractivity contribution in [3.8, 4) is 11.8 Å². The summed E-state index contributed by atoms with van der Waals surface area (Å²) in [6.45, 7) is 3.57. The van der Waals surface area contributed by atoms with Gasteiger partial charge in [-0.25, -0.2) is 4.79 Å². The van der Waals surface area contributed by atoms with E-state index in [2.05, 4.69) is 6.07 Å². The molecule has 0 aliphatic heterocycles. The van der Waals surface area contributed by atoms with Crippen molar-refractivity contribution in [2.75, 3.05) is 6.61 Å². The smallest absolute Gasteiger partial charge is 0.338 e. The van der Waals surface area contributed by atoms with E-state index in [4.69, 9.17) is 14.7 Å². The molecule has 0 aromatic heterocycles. The van der Waals surface area contributed by atoms with Crippen LogP contribution in [0.15, 0.2) is 42.5 Å². The first-order chi connectivity index (χ1) is 11.5. The fourth-order valence-corrected chi connectivity index (χ4v) is 2.20. The van der Waals surface area contributed by atoms with Crippen LogP contribution in [0.5, 0.6) is 5.75 Å². The van der Waals surface area contributed by atoms with Crippen LogP contribution < -0.4 is 4.74 Å². The first-order valence-corrected chi connectivity index (χ1v) is 7.49. The van der Waals surface area contributed by atoms with Gasteiger partial charge in [0.25, 0.3) is 0 Å². The lowest BCUT2D eigenvalue weighted by molar-refractivity contribution is 0.0522. The SMILES string of the molecule is CCOC(=O)c1cc(OCc2cccc(C#N)c2)ccc1C(C)=O. The van der Waals surface area contributed by atoms with E-state index in [1.54, 1.807) is 37.3 Å². The molecule has 5 heteroatoms. The zero-order valence-corrected chi connectivity index (χ0v) is 13.5. The summed E-state index contributed by atoms with van der Waals surface area (Å²) < 4.78 is 10.7. The Bertz CT molecular complexity index is 805. The Morgan fingerprint density at radius 3 is 2.58 bits per heavy atom. The number of nitriles is 1. The second kappa shape index (κ2) is 7.93. The van der Waals surface area contributed by atoms with Gasteiger partial charge in [0, 0.05) is 5.56 Å². The standard InChI is InChI=1S/C19H17NO4/c1-3-23-19(22)18-10-16(7-8-17(18)13(2)21)24-12-15-6-4-5-14(9-15)11-20/h4-10H,3,12H2,1-2H3. The van der Waals surface area contributed by atoms with Crippen molar-refractivity contribution >= 4 is 11.8 Å². The summed E-state index contributed by atoms with van der Waals surface area (Å²) in [7, 11) is 0. The van der Waals surface area contributed by atoms with Gasteiger partial charge in [-0.2, -0.15) is 5.26 Å². The molecular weight excluding hydrogens is 306 g/mol. The highest BCUT2D eigenvalue weighted by Gasteiger charge is 2.16. The summed E-state index contributed by atoms with van der Waals surface area (Å²) in [5.41, 5.74) is 1.87. The average molecular weight is 323 g/mol. The molecule has 0 aliphatic carbocycles. The molecule has 0 heterocycles. The van der Waals surface area contributed by atoms with Gasteiger partial charge in [-0.15, -0.1) is 0 Å². The number of Topliss-reactive ketones (excluding diaryl/α,β-unsaturated/α-hetero) is 1. The molecule has 0 amide bonds. The summed E-state index contributed by atoms with van der Waals surface area (Å²) in [4.78, 5) is 23.7. The second-order valence-corrected chi connectivity index (χ2v) is 5.08. The van der Waals surface area contributed by atoms with Crippen molar-refractivity contribution in [3.05, 3.63) is 64.7 Å². The van der Waals surface area contributed by atoms with E-state index in [1.807, 2.05) is 6.07 Å². The number of nitrogens with zero attached hydrogens (tertiary/aromatic N) is 1. The lowest BCUT2D eigenvalue weighted by Gasteiger charge is -2.11. The molecule has 0 saturated carbocycles. The van der Waals surface area contributed by atoms with Crippen molar-refractivity contribution in [2.45, 2.75) is 20.5 Å². The van der Waals surface area contributed by atoms with E-state index >= 15 is 0 Å². The van der Waals surface area contributed by atoms with Crippen LogP contribution in [0.25, 0.3) is 0 Å². The van der Waals surface area contributed by atoms with Crippen molar-refractivity contribution < 1.29 is 19.1 Å². The molecule has 0 fully saturated rings. The molecular formula is C19H17NO4. The highest BCUT2D eigenvalue weighted by Crippen LogP contribution is 2.21. The van der Waals surface area contributed by atoms with E-state index in [9.17, 15) is 9.59 Å². The molecule has 0 bridgehead atoms. The highest BCUT2D eigenvalue weighted by atomic mass is 16.5.